The molecule has 0 aliphatic heterocycles. The fourth-order valence-corrected chi connectivity index (χ4v) is 5.42. The maximum atomic E-state index is 13.5. The molecular weight excluding hydrogens is 386 g/mol. The maximum absolute atomic E-state index is 13.5. The highest BCUT2D eigenvalue weighted by Gasteiger charge is 2.71. The summed E-state index contributed by atoms with van der Waals surface area (Å²) in [6.45, 7) is 1.83. The fraction of sp³-hybridized carbons (Fsp3) is 0.444. The van der Waals surface area contributed by atoms with Gasteiger partial charge in [0.15, 0.2) is 5.69 Å². The Morgan fingerprint density at radius 3 is 2.54 bits per heavy atom. The molecular formula is C18H18F2N6OS. The molecule has 2 unspecified atom stereocenters. The van der Waals surface area contributed by atoms with Crippen molar-refractivity contribution in [2.75, 3.05) is 0 Å². The first-order valence-electron chi connectivity index (χ1n) is 9.07. The number of benzene rings is 1. The second-order valence-electron chi connectivity index (χ2n) is 7.38. The average Bonchev–Trinajstić information content (AvgIpc) is 3.14. The molecule has 2 saturated carbocycles. The summed E-state index contributed by atoms with van der Waals surface area (Å²) in [4.78, 5) is 13.2. The van der Waals surface area contributed by atoms with Gasteiger partial charge < -0.3 is 0 Å². The van der Waals surface area contributed by atoms with Crippen molar-refractivity contribution in [1.29, 1.82) is 0 Å². The molecule has 0 saturated heterocycles. The van der Waals surface area contributed by atoms with Crippen LogP contribution >= 0.6 is 11.8 Å². The molecule has 146 valence electrons. The summed E-state index contributed by atoms with van der Waals surface area (Å²) >= 11 is 1.38. The molecule has 1 aromatic carbocycles. The lowest BCUT2D eigenvalue weighted by Crippen LogP contribution is -2.22. The summed E-state index contributed by atoms with van der Waals surface area (Å²) in [5.74, 6) is -3.52. The highest BCUT2D eigenvalue weighted by Crippen LogP contribution is 2.66. The van der Waals surface area contributed by atoms with Gasteiger partial charge in [-0.3, -0.25) is 9.48 Å². The number of aromatic nitrogens is 6. The Morgan fingerprint density at radius 1 is 1.18 bits per heavy atom. The number of rotatable bonds is 4. The summed E-state index contributed by atoms with van der Waals surface area (Å²) in [6, 6.07) is 9.32. The van der Waals surface area contributed by atoms with E-state index in [0.29, 0.717) is 29.4 Å². The SMILES string of the molecule is Cc1c(-n2nnnc2SC2CC3C(C2)C3(F)F)c(=O)n(-c2ccccc2)n1C. The fourth-order valence-electron chi connectivity index (χ4n) is 4.20. The van der Waals surface area contributed by atoms with Crippen LogP contribution in [0.2, 0.25) is 0 Å². The van der Waals surface area contributed by atoms with E-state index in [9.17, 15) is 13.6 Å². The lowest BCUT2D eigenvalue weighted by atomic mass is 10.2. The second-order valence-corrected chi connectivity index (χ2v) is 8.65. The van der Waals surface area contributed by atoms with Gasteiger partial charge in [-0.1, -0.05) is 30.0 Å². The van der Waals surface area contributed by atoms with Gasteiger partial charge in [0.2, 0.25) is 5.16 Å². The molecule has 3 aromatic rings. The zero-order chi connectivity index (χ0) is 19.6. The lowest BCUT2D eigenvalue weighted by Gasteiger charge is -2.12. The normalized spacial score (nSPS) is 25.1. The molecule has 2 fully saturated rings. The molecule has 0 bridgehead atoms. The minimum absolute atomic E-state index is 0.0414. The molecule has 2 heterocycles. The summed E-state index contributed by atoms with van der Waals surface area (Å²) in [5.41, 5.74) is 1.59. The van der Waals surface area contributed by atoms with Crippen molar-refractivity contribution in [3.8, 4) is 11.4 Å². The van der Waals surface area contributed by atoms with Crippen molar-refractivity contribution >= 4 is 11.8 Å². The Hall–Kier alpha value is -2.49. The Labute approximate surface area is 163 Å². The predicted octanol–water partition coefficient (Wildman–Crippen LogP) is 2.60. The van der Waals surface area contributed by atoms with Crippen molar-refractivity contribution < 1.29 is 8.78 Å². The number of halogens is 2. The molecule has 7 nitrogen and oxygen atoms in total. The molecule has 5 rings (SSSR count). The van der Waals surface area contributed by atoms with E-state index in [2.05, 4.69) is 15.5 Å². The van der Waals surface area contributed by atoms with Crippen molar-refractivity contribution in [2.45, 2.75) is 36.1 Å². The topological polar surface area (TPSA) is 70.5 Å². The van der Waals surface area contributed by atoms with Crippen LogP contribution in [0.25, 0.3) is 11.4 Å². The van der Waals surface area contributed by atoms with Gasteiger partial charge in [0.25, 0.3) is 11.5 Å². The minimum atomic E-state index is -2.50. The Bertz CT molecular complexity index is 1090. The van der Waals surface area contributed by atoms with Gasteiger partial charge >= 0.3 is 0 Å². The van der Waals surface area contributed by atoms with Gasteiger partial charge in [0.05, 0.1) is 11.4 Å². The number of fused-ring (bicyclic) bond motifs is 1. The number of alkyl halides is 2. The minimum Gasteiger partial charge on any atom is -0.283 e. The highest BCUT2D eigenvalue weighted by molar-refractivity contribution is 7.99. The molecule has 0 spiro atoms. The monoisotopic (exact) mass is 404 g/mol. The summed E-state index contributed by atoms with van der Waals surface area (Å²) in [6.07, 6.45) is 0.911. The van der Waals surface area contributed by atoms with Crippen LogP contribution in [0.5, 0.6) is 0 Å². The van der Waals surface area contributed by atoms with E-state index in [1.807, 2.05) is 37.3 Å². The molecule has 2 aliphatic carbocycles. The van der Waals surface area contributed by atoms with Crippen LogP contribution in [0.1, 0.15) is 18.5 Å². The van der Waals surface area contributed by atoms with E-state index >= 15 is 0 Å². The van der Waals surface area contributed by atoms with Gasteiger partial charge in [-0.2, -0.15) is 4.68 Å². The van der Waals surface area contributed by atoms with Crippen LogP contribution in [0.15, 0.2) is 40.3 Å². The Balaban J connectivity index is 1.49. The summed E-state index contributed by atoms with van der Waals surface area (Å²) < 4.78 is 31.7. The third-order valence-electron chi connectivity index (χ3n) is 5.85. The van der Waals surface area contributed by atoms with Crippen LogP contribution in [-0.2, 0) is 7.05 Å². The smallest absolute Gasteiger partial charge is 0.283 e. The standard InChI is InChI=1S/C18H18F2N6OS/c1-10-15(16(27)26(24(10)2)11-6-4-3-5-7-11)25-17(21-22-23-25)28-12-8-13-14(9-12)18(13,19)20/h3-7,12-14H,8-9H2,1-2H3. The van der Waals surface area contributed by atoms with E-state index in [-0.39, 0.29) is 10.8 Å². The van der Waals surface area contributed by atoms with E-state index < -0.39 is 17.8 Å². The van der Waals surface area contributed by atoms with Gasteiger partial charge in [-0.05, 0) is 42.3 Å². The predicted molar refractivity (Wildman–Crippen MR) is 99.3 cm³/mol. The zero-order valence-corrected chi connectivity index (χ0v) is 16.1. The summed E-state index contributed by atoms with van der Waals surface area (Å²) in [7, 11) is 1.80. The third-order valence-corrected chi connectivity index (χ3v) is 7.03. The van der Waals surface area contributed by atoms with Crippen LogP contribution in [0, 0.1) is 18.8 Å². The summed E-state index contributed by atoms with van der Waals surface area (Å²) in [5, 5.41) is 12.3. The number of hydrogen-bond donors (Lipinski definition) is 0. The molecule has 0 N–H and O–H groups in total. The van der Waals surface area contributed by atoms with Crippen LogP contribution in [-0.4, -0.2) is 40.7 Å². The number of thioether (sulfide) groups is 1. The average molecular weight is 404 g/mol. The Morgan fingerprint density at radius 2 is 1.86 bits per heavy atom. The van der Waals surface area contributed by atoms with Crippen molar-refractivity contribution in [3.05, 3.63) is 46.4 Å². The quantitative estimate of drug-likeness (QED) is 0.669. The van der Waals surface area contributed by atoms with Gasteiger partial charge in [0, 0.05) is 24.1 Å². The largest absolute Gasteiger partial charge is 0.297 e. The highest BCUT2D eigenvalue weighted by atomic mass is 32.2. The molecule has 28 heavy (non-hydrogen) atoms. The molecule has 2 atom stereocenters. The maximum Gasteiger partial charge on any atom is 0.297 e. The number of para-hydroxylation sites is 1. The third kappa shape index (κ3) is 2.47. The number of nitrogens with zero attached hydrogens (tertiary/aromatic N) is 6. The van der Waals surface area contributed by atoms with Gasteiger partial charge in [0.1, 0.15) is 0 Å². The van der Waals surface area contributed by atoms with Crippen molar-refractivity contribution in [2.24, 2.45) is 18.9 Å². The molecule has 0 radical (unpaired) electrons. The molecule has 0 amide bonds. The van der Waals surface area contributed by atoms with E-state index in [1.165, 1.54) is 16.4 Å². The number of hydrogen-bond acceptors (Lipinski definition) is 5. The zero-order valence-electron chi connectivity index (χ0n) is 15.3. The van der Waals surface area contributed by atoms with E-state index in [1.54, 1.807) is 16.4 Å². The van der Waals surface area contributed by atoms with Crippen LogP contribution in [0.3, 0.4) is 0 Å². The first kappa shape index (κ1) is 17.6. The van der Waals surface area contributed by atoms with Crippen molar-refractivity contribution in [1.82, 2.24) is 29.6 Å². The van der Waals surface area contributed by atoms with Crippen LogP contribution in [0.4, 0.5) is 8.78 Å². The first-order valence-corrected chi connectivity index (χ1v) is 9.94. The molecule has 2 aromatic heterocycles. The Kier molecular flexibility index (Phi) is 3.77. The first-order chi connectivity index (χ1) is 13.4. The molecule has 2 aliphatic rings. The van der Waals surface area contributed by atoms with Gasteiger partial charge in [-0.25, -0.2) is 13.5 Å². The van der Waals surface area contributed by atoms with E-state index in [0.717, 1.165) is 5.69 Å². The second kappa shape index (κ2) is 6.00. The molecule has 10 heteroatoms. The van der Waals surface area contributed by atoms with Crippen LogP contribution < -0.4 is 5.56 Å². The van der Waals surface area contributed by atoms with Gasteiger partial charge in [-0.15, -0.1) is 5.10 Å². The lowest BCUT2D eigenvalue weighted by molar-refractivity contribution is 0.0736. The number of tetrazole rings is 1. The van der Waals surface area contributed by atoms with Crippen molar-refractivity contribution in [3.63, 3.8) is 0 Å². The van der Waals surface area contributed by atoms with E-state index in [4.69, 9.17) is 0 Å².